The van der Waals surface area contributed by atoms with Gasteiger partial charge in [-0.05, 0) is 106 Å². The Morgan fingerprint density at radius 3 is 1.85 bits per heavy atom. The number of hydrogen-bond acceptors (Lipinski definition) is 1. The van der Waals surface area contributed by atoms with Crippen LogP contribution in [0.4, 0.5) is 0 Å². The van der Waals surface area contributed by atoms with Gasteiger partial charge in [-0.15, -0.1) is 0 Å². The van der Waals surface area contributed by atoms with Gasteiger partial charge < -0.3 is 13.6 Å². The van der Waals surface area contributed by atoms with Gasteiger partial charge in [0.15, 0.2) is 0 Å². The second kappa shape index (κ2) is 10.6. The Morgan fingerprint density at radius 1 is 0.407 bits per heavy atom. The van der Waals surface area contributed by atoms with Crippen molar-refractivity contribution in [2.24, 2.45) is 0 Å². The van der Waals surface area contributed by atoms with Crippen molar-refractivity contribution in [2.75, 3.05) is 0 Å². The van der Waals surface area contributed by atoms with Crippen LogP contribution in [-0.4, -0.2) is 9.13 Å². The van der Waals surface area contributed by atoms with Crippen molar-refractivity contribution in [3.05, 3.63) is 181 Å². The summed E-state index contributed by atoms with van der Waals surface area (Å²) in [5.74, 6) is 0. The molecular formula is C51H34N2O. The Bertz CT molecular complexity index is 3300. The van der Waals surface area contributed by atoms with E-state index in [1.54, 1.807) is 0 Å². The van der Waals surface area contributed by atoms with E-state index in [9.17, 15) is 0 Å². The number of para-hydroxylation sites is 3. The van der Waals surface area contributed by atoms with Crippen LogP contribution in [0.25, 0.3) is 99.2 Å². The van der Waals surface area contributed by atoms with E-state index in [1.807, 2.05) is 0 Å². The summed E-state index contributed by atoms with van der Waals surface area (Å²) in [7, 11) is 0. The molecule has 0 atom stereocenters. The molecule has 0 fully saturated rings. The summed E-state index contributed by atoms with van der Waals surface area (Å²) in [4.78, 5) is 0. The van der Waals surface area contributed by atoms with E-state index >= 15 is 0 Å². The van der Waals surface area contributed by atoms with Gasteiger partial charge in [0.2, 0.25) is 0 Å². The first kappa shape index (κ1) is 29.7. The van der Waals surface area contributed by atoms with Crippen LogP contribution in [0, 0.1) is 0 Å². The number of nitrogens with zero attached hydrogens (tertiary/aromatic N) is 2. The molecule has 11 aromatic rings. The van der Waals surface area contributed by atoms with Crippen molar-refractivity contribution in [2.45, 2.75) is 19.3 Å². The van der Waals surface area contributed by atoms with Crippen LogP contribution in [0.1, 0.15) is 25.0 Å². The van der Waals surface area contributed by atoms with Gasteiger partial charge in [-0.25, -0.2) is 0 Å². The van der Waals surface area contributed by atoms with Gasteiger partial charge in [0.05, 0.1) is 33.1 Å². The van der Waals surface area contributed by atoms with E-state index in [4.69, 9.17) is 4.42 Å². The summed E-state index contributed by atoms with van der Waals surface area (Å²) < 4.78 is 11.4. The number of hydrogen-bond donors (Lipinski definition) is 0. The maximum absolute atomic E-state index is 6.56. The third-order valence-electron chi connectivity index (χ3n) is 12.1. The third-order valence-corrected chi connectivity index (χ3v) is 12.1. The Balaban J connectivity index is 1.10. The molecule has 54 heavy (non-hydrogen) atoms. The van der Waals surface area contributed by atoms with E-state index in [-0.39, 0.29) is 5.41 Å². The minimum absolute atomic E-state index is 0.0793. The zero-order valence-corrected chi connectivity index (χ0v) is 30.0. The highest BCUT2D eigenvalue weighted by atomic mass is 16.3. The molecule has 254 valence electrons. The van der Waals surface area contributed by atoms with Gasteiger partial charge in [-0.2, -0.15) is 0 Å². The van der Waals surface area contributed by atoms with Crippen LogP contribution >= 0.6 is 0 Å². The fraction of sp³-hybridized carbons (Fsp3) is 0.0588. The average molecular weight is 691 g/mol. The fourth-order valence-electron chi connectivity index (χ4n) is 9.60. The van der Waals surface area contributed by atoms with Gasteiger partial charge in [0.1, 0.15) is 11.2 Å². The Hall–Kier alpha value is -6.84. The molecule has 1 aliphatic rings. The molecule has 0 unspecified atom stereocenters. The lowest BCUT2D eigenvalue weighted by atomic mass is 9.82. The first-order chi connectivity index (χ1) is 26.5. The van der Waals surface area contributed by atoms with Crippen LogP contribution in [0.5, 0.6) is 0 Å². The zero-order valence-electron chi connectivity index (χ0n) is 30.0. The number of aromatic nitrogens is 2. The molecule has 0 radical (unpaired) electrons. The van der Waals surface area contributed by atoms with Crippen LogP contribution in [0.15, 0.2) is 174 Å². The van der Waals surface area contributed by atoms with E-state index in [2.05, 4.69) is 193 Å². The Kier molecular flexibility index (Phi) is 5.84. The molecule has 0 saturated carbocycles. The predicted octanol–water partition coefficient (Wildman–Crippen LogP) is 13.8. The highest BCUT2D eigenvalue weighted by molar-refractivity contribution is 6.16. The molecule has 1 aliphatic carbocycles. The largest absolute Gasteiger partial charge is 0.456 e. The van der Waals surface area contributed by atoms with Gasteiger partial charge in [-0.3, -0.25) is 0 Å². The third kappa shape index (κ3) is 3.91. The Labute approximate surface area is 311 Å². The molecule has 0 N–H and O–H groups in total. The smallest absolute Gasteiger partial charge is 0.137 e. The van der Waals surface area contributed by atoms with Crippen molar-refractivity contribution in [3.63, 3.8) is 0 Å². The highest BCUT2D eigenvalue weighted by Gasteiger charge is 2.36. The van der Waals surface area contributed by atoms with E-state index in [0.29, 0.717) is 0 Å². The molecule has 0 saturated heterocycles. The molecule has 3 heteroatoms. The maximum atomic E-state index is 6.56. The second-order valence-corrected chi connectivity index (χ2v) is 15.3. The van der Waals surface area contributed by atoms with Crippen LogP contribution in [-0.2, 0) is 5.41 Å². The second-order valence-electron chi connectivity index (χ2n) is 15.3. The standard InChI is InChI=1S/C51H34N2O/c1-51(2)41-18-9-6-15-34(41)37-29-39-38-27-31(23-25-45(38)52(47(39)30-42(37)51)33-13-4-3-5-14-33)32-24-26-48-40(28-32)50-46(21-12-22-49(50)54-48)53-43-19-10-7-16-35(43)36-17-8-11-20-44(36)53/h3-30H,1-2H3. The molecule has 3 nitrogen and oxygen atoms in total. The summed E-state index contributed by atoms with van der Waals surface area (Å²) in [5, 5.41) is 7.26. The lowest BCUT2D eigenvalue weighted by Gasteiger charge is -2.21. The molecular weight excluding hydrogens is 657 g/mol. The summed E-state index contributed by atoms with van der Waals surface area (Å²) in [6.07, 6.45) is 0. The predicted molar refractivity (Wildman–Crippen MR) is 225 cm³/mol. The first-order valence-corrected chi connectivity index (χ1v) is 18.8. The summed E-state index contributed by atoms with van der Waals surface area (Å²) in [6.45, 7) is 4.72. The van der Waals surface area contributed by atoms with Crippen molar-refractivity contribution >= 4 is 65.6 Å². The van der Waals surface area contributed by atoms with Gasteiger partial charge >= 0.3 is 0 Å². The lowest BCUT2D eigenvalue weighted by molar-refractivity contribution is 0.661. The topological polar surface area (TPSA) is 23.0 Å². The Morgan fingerprint density at radius 2 is 1.06 bits per heavy atom. The van der Waals surface area contributed by atoms with Crippen LogP contribution in [0.3, 0.4) is 0 Å². The van der Waals surface area contributed by atoms with Crippen molar-refractivity contribution in [3.8, 4) is 33.6 Å². The average Bonchev–Trinajstić information content (AvgIpc) is 3.92. The summed E-state index contributed by atoms with van der Waals surface area (Å²) >= 11 is 0. The van der Waals surface area contributed by atoms with Crippen molar-refractivity contribution in [1.82, 2.24) is 9.13 Å². The molecule has 0 bridgehead atoms. The molecule has 0 aliphatic heterocycles. The summed E-state index contributed by atoms with van der Waals surface area (Å²) in [6, 6.07) is 62.1. The van der Waals surface area contributed by atoms with Crippen molar-refractivity contribution < 1.29 is 4.42 Å². The fourth-order valence-corrected chi connectivity index (χ4v) is 9.60. The quantitative estimate of drug-likeness (QED) is 0.181. The molecule has 8 aromatic carbocycles. The maximum Gasteiger partial charge on any atom is 0.137 e. The number of furan rings is 1. The molecule has 0 amide bonds. The van der Waals surface area contributed by atoms with E-state index in [1.165, 1.54) is 77.1 Å². The number of fused-ring (bicyclic) bond motifs is 12. The monoisotopic (exact) mass is 690 g/mol. The molecule has 3 aromatic heterocycles. The van der Waals surface area contributed by atoms with E-state index < -0.39 is 0 Å². The SMILES string of the molecule is CC1(C)c2ccccc2-c2cc3c4cc(-c5ccc6oc7cccc(-n8c9ccccc9c9ccccc98)c7c6c5)ccc4n(-c4ccccc4)c3cc21. The van der Waals surface area contributed by atoms with Gasteiger partial charge in [0.25, 0.3) is 0 Å². The molecule has 0 spiro atoms. The zero-order chi connectivity index (χ0) is 35.7. The van der Waals surface area contributed by atoms with E-state index in [0.717, 1.165) is 33.2 Å². The van der Waals surface area contributed by atoms with Gasteiger partial charge in [0, 0.05) is 38.0 Å². The molecule has 3 heterocycles. The lowest BCUT2D eigenvalue weighted by Crippen LogP contribution is -2.14. The summed E-state index contributed by atoms with van der Waals surface area (Å²) in [5.41, 5.74) is 16.6. The van der Waals surface area contributed by atoms with Crippen LogP contribution < -0.4 is 0 Å². The normalized spacial score (nSPS) is 13.5. The first-order valence-electron chi connectivity index (χ1n) is 18.8. The number of benzene rings is 8. The number of rotatable bonds is 3. The minimum Gasteiger partial charge on any atom is -0.456 e. The van der Waals surface area contributed by atoms with Crippen LogP contribution in [0.2, 0.25) is 0 Å². The molecule has 12 rings (SSSR count). The highest BCUT2D eigenvalue weighted by Crippen LogP contribution is 2.51. The minimum atomic E-state index is -0.0793. The van der Waals surface area contributed by atoms with Crippen molar-refractivity contribution in [1.29, 1.82) is 0 Å². The van der Waals surface area contributed by atoms with Gasteiger partial charge in [-0.1, -0.05) is 111 Å².